The highest BCUT2D eigenvalue weighted by Crippen LogP contribution is 2.57. The van der Waals surface area contributed by atoms with Gasteiger partial charge in [0.2, 0.25) is 0 Å². The molecule has 0 spiro atoms. The van der Waals surface area contributed by atoms with E-state index in [1.54, 1.807) is 0 Å². The Morgan fingerprint density at radius 3 is 2.75 bits per heavy atom. The standard InChI is InChI=1S/C18H16F5N3O2/c19-9-1-2-14(13(20)5-9)26-16-11-3-8(11)4-12(16)15(25-26)17(28)24-10(7-27)6-18(21,22)23/h1-2,5,8,10-11,27H,3-4,6-7H2,(H,24,28)/t8-,10+,11-/m1/s1. The number of nitrogens with one attached hydrogen (secondary N) is 1. The maximum absolute atomic E-state index is 14.2. The van der Waals surface area contributed by atoms with E-state index < -0.39 is 42.8 Å². The monoisotopic (exact) mass is 401 g/mol. The summed E-state index contributed by atoms with van der Waals surface area (Å²) in [5, 5.41) is 15.4. The zero-order valence-corrected chi connectivity index (χ0v) is 14.4. The van der Waals surface area contributed by atoms with Crippen LogP contribution in [0, 0.1) is 17.6 Å². The second-order valence-corrected chi connectivity index (χ2v) is 7.20. The largest absolute Gasteiger partial charge is 0.394 e. The molecule has 0 aliphatic heterocycles. The predicted molar refractivity (Wildman–Crippen MR) is 87.0 cm³/mol. The van der Waals surface area contributed by atoms with Crippen LogP contribution in [0.3, 0.4) is 0 Å². The SMILES string of the molecule is O=C(N[C@H](CO)CC(F)(F)F)c1nn(-c2ccc(F)cc2F)c2c1C[C@H]1C[C@@H]21. The Morgan fingerprint density at radius 2 is 2.11 bits per heavy atom. The number of nitrogens with zero attached hydrogens (tertiary/aromatic N) is 2. The summed E-state index contributed by atoms with van der Waals surface area (Å²) in [5.74, 6) is -2.09. The molecular formula is C18H16F5N3O2. The number of carbonyl (C=O) groups excluding carboxylic acids is 1. The van der Waals surface area contributed by atoms with Gasteiger partial charge in [0.15, 0.2) is 11.5 Å². The lowest BCUT2D eigenvalue weighted by atomic mass is 10.1. The fraction of sp³-hybridized carbons (Fsp3) is 0.444. The van der Waals surface area contributed by atoms with Crippen LogP contribution in [0.15, 0.2) is 18.2 Å². The summed E-state index contributed by atoms with van der Waals surface area (Å²) in [6.07, 6.45) is -4.55. The van der Waals surface area contributed by atoms with E-state index in [4.69, 9.17) is 5.11 Å². The number of fused-ring (bicyclic) bond motifs is 3. The van der Waals surface area contributed by atoms with Crippen LogP contribution in [0.25, 0.3) is 5.69 Å². The van der Waals surface area contributed by atoms with Crippen LogP contribution in [0.1, 0.15) is 40.5 Å². The zero-order valence-electron chi connectivity index (χ0n) is 14.4. The molecule has 0 unspecified atom stereocenters. The Kier molecular flexibility index (Phi) is 4.40. The second kappa shape index (κ2) is 6.54. The van der Waals surface area contributed by atoms with E-state index in [0.717, 1.165) is 12.5 Å². The minimum atomic E-state index is -4.55. The summed E-state index contributed by atoms with van der Waals surface area (Å²) in [7, 11) is 0. The van der Waals surface area contributed by atoms with Crippen molar-refractivity contribution in [3.05, 3.63) is 46.8 Å². The molecule has 1 saturated carbocycles. The molecule has 10 heteroatoms. The highest BCUT2D eigenvalue weighted by atomic mass is 19.4. The Hall–Kier alpha value is -2.49. The lowest BCUT2D eigenvalue weighted by molar-refractivity contribution is -0.141. The van der Waals surface area contributed by atoms with Gasteiger partial charge in [-0.25, -0.2) is 13.5 Å². The minimum Gasteiger partial charge on any atom is -0.394 e. The van der Waals surface area contributed by atoms with Crippen molar-refractivity contribution >= 4 is 5.91 Å². The number of aliphatic hydroxyl groups excluding tert-OH is 1. The van der Waals surface area contributed by atoms with Crippen LogP contribution in [-0.2, 0) is 6.42 Å². The maximum Gasteiger partial charge on any atom is 0.391 e. The van der Waals surface area contributed by atoms with Crippen LogP contribution < -0.4 is 5.32 Å². The number of halogens is 5. The molecule has 2 aromatic rings. The molecule has 1 aromatic heterocycles. The first-order chi connectivity index (χ1) is 13.2. The van der Waals surface area contributed by atoms with Crippen LogP contribution in [0.2, 0.25) is 0 Å². The zero-order chi connectivity index (χ0) is 20.2. The molecule has 1 amide bonds. The number of carbonyl (C=O) groups is 1. The lowest BCUT2D eigenvalue weighted by Gasteiger charge is -2.17. The summed E-state index contributed by atoms with van der Waals surface area (Å²) in [5.41, 5.74) is 1.08. The number of hydrogen-bond donors (Lipinski definition) is 2. The molecule has 0 radical (unpaired) electrons. The number of benzene rings is 1. The molecule has 28 heavy (non-hydrogen) atoms. The summed E-state index contributed by atoms with van der Waals surface area (Å²) in [6.45, 7) is -0.883. The van der Waals surface area contributed by atoms with Crippen LogP contribution >= 0.6 is 0 Å². The van der Waals surface area contributed by atoms with Crippen molar-refractivity contribution in [2.75, 3.05) is 6.61 Å². The molecule has 0 saturated heterocycles. The van der Waals surface area contributed by atoms with Gasteiger partial charge < -0.3 is 10.4 Å². The normalized spacial score (nSPS) is 21.2. The molecule has 3 atom stereocenters. The van der Waals surface area contributed by atoms with Gasteiger partial charge in [0.1, 0.15) is 11.5 Å². The topological polar surface area (TPSA) is 67.2 Å². The van der Waals surface area contributed by atoms with Crippen molar-refractivity contribution in [3.63, 3.8) is 0 Å². The number of alkyl halides is 3. The number of hydrogen-bond acceptors (Lipinski definition) is 3. The molecule has 1 fully saturated rings. The molecule has 4 rings (SSSR count). The molecule has 2 N–H and O–H groups in total. The number of rotatable bonds is 5. The number of aromatic nitrogens is 2. The Morgan fingerprint density at radius 1 is 1.36 bits per heavy atom. The van der Waals surface area contributed by atoms with E-state index in [9.17, 15) is 26.7 Å². The third-order valence-corrected chi connectivity index (χ3v) is 5.15. The van der Waals surface area contributed by atoms with Crippen LogP contribution in [0.5, 0.6) is 0 Å². The smallest absolute Gasteiger partial charge is 0.391 e. The summed E-state index contributed by atoms with van der Waals surface area (Å²) in [6, 6.07) is 1.46. The van der Waals surface area contributed by atoms with Crippen LogP contribution in [0.4, 0.5) is 22.0 Å². The molecule has 1 aromatic carbocycles. The number of amides is 1. The minimum absolute atomic E-state index is 0.0294. The van der Waals surface area contributed by atoms with E-state index >= 15 is 0 Å². The molecule has 150 valence electrons. The highest BCUT2D eigenvalue weighted by molar-refractivity contribution is 5.94. The first-order valence-electron chi connectivity index (χ1n) is 8.73. The maximum atomic E-state index is 14.2. The van der Waals surface area contributed by atoms with Gasteiger partial charge in [0.05, 0.1) is 24.8 Å². The van der Waals surface area contributed by atoms with Crippen molar-refractivity contribution in [3.8, 4) is 5.69 Å². The lowest BCUT2D eigenvalue weighted by Crippen LogP contribution is -2.41. The van der Waals surface area contributed by atoms with Crippen molar-refractivity contribution in [1.82, 2.24) is 15.1 Å². The molecule has 2 aliphatic carbocycles. The molecule has 0 bridgehead atoms. The molecule has 1 heterocycles. The average Bonchev–Trinajstić information content (AvgIpc) is 3.09. The highest BCUT2D eigenvalue weighted by Gasteiger charge is 2.50. The molecule has 2 aliphatic rings. The van der Waals surface area contributed by atoms with Gasteiger partial charge >= 0.3 is 6.18 Å². The van der Waals surface area contributed by atoms with E-state index in [-0.39, 0.29) is 23.2 Å². The van der Waals surface area contributed by atoms with Crippen LogP contribution in [-0.4, -0.2) is 39.6 Å². The van der Waals surface area contributed by atoms with Crippen molar-refractivity contribution in [2.24, 2.45) is 5.92 Å². The van der Waals surface area contributed by atoms with Crippen molar-refractivity contribution < 1.29 is 31.9 Å². The van der Waals surface area contributed by atoms with E-state index in [1.807, 2.05) is 0 Å². The second-order valence-electron chi connectivity index (χ2n) is 7.20. The fourth-order valence-corrected chi connectivity index (χ4v) is 3.83. The van der Waals surface area contributed by atoms with Gasteiger partial charge in [-0.1, -0.05) is 0 Å². The van der Waals surface area contributed by atoms with Crippen molar-refractivity contribution in [2.45, 2.75) is 37.4 Å². The Balaban J connectivity index is 1.67. The van der Waals surface area contributed by atoms with Gasteiger partial charge in [-0.2, -0.15) is 18.3 Å². The first kappa shape index (κ1) is 18.9. The van der Waals surface area contributed by atoms with Gasteiger partial charge in [0, 0.05) is 17.5 Å². The summed E-state index contributed by atoms with van der Waals surface area (Å²) >= 11 is 0. The van der Waals surface area contributed by atoms with E-state index in [2.05, 4.69) is 10.4 Å². The average molecular weight is 401 g/mol. The third kappa shape index (κ3) is 3.36. The molecule has 5 nitrogen and oxygen atoms in total. The van der Waals surface area contributed by atoms with Gasteiger partial charge in [-0.3, -0.25) is 4.79 Å². The Labute approximate surface area is 156 Å². The fourth-order valence-electron chi connectivity index (χ4n) is 3.83. The van der Waals surface area contributed by atoms with Gasteiger partial charge in [0.25, 0.3) is 5.91 Å². The van der Waals surface area contributed by atoms with Gasteiger partial charge in [-0.05, 0) is 30.9 Å². The number of aliphatic hydroxyl groups is 1. The van der Waals surface area contributed by atoms with E-state index in [0.29, 0.717) is 23.7 Å². The Bertz CT molecular complexity index is 940. The quantitative estimate of drug-likeness (QED) is 0.758. The van der Waals surface area contributed by atoms with Crippen molar-refractivity contribution in [1.29, 1.82) is 0 Å². The first-order valence-corrected chi connectivity index (χ1v) is 8.73. The third-order valence-electron chi connectivity index (χ3n) is 5.15. The summed E-state index contributed by atoms with van der Waals surface area (Å²) in [4.78, 5) is 12.5. The van der Waals surface area contributed by atoms with Gasteiger partial charge in [-0.15, -0.1) is 0 Å². The molecular weight excluding hydrogens is 385 g/mol. The summed E-state index contributed by atoms with van der Waals surface area (Å²) < 4.78 is 66.4. The van der Waals surface area contributed by atoms with E-state index in [1.165, 1.54) is 10.7 Å². The predicted octanol–water partition coefficient (Wildman–Crippen LogP) is 2.85.